The van der Waals surface area contributed by atoms with E-state index >= 15 is 0 Å². The number of aromatic nitrogens is 3. The Balaban J connectivity index is 1.55. The van der Waals surface area contributed by atoms with Gasteiger partial charge in [0.15, 0.2) is 0 Å². The number of fused-ring (bicyclic) bond motifs is 1. The van der Waals surface area contributed by atoms with E-state index in [-0.39, 0.29) is 11.9 Å². The Morgan fingerprint density at radius 3 is 2.86 bits per heavy atom. The van der Waals surface area contributed by atoms with E-state index in [0.29, 0.717) is 6.54 Å². The molecule has 3 heterocycles. The molecule has 2 aromatic heterocycles. The summed E-state index contributed by atoms with van der Waals surface area (Å²) in [5, 5.41) is 9.47. The highest BCUT2D eigenvalue weighted by molar-refractivity contribution is 7.20. The molecule has 1 aliphatic rings. The van der Waals surface area contributed by atoms with E-state index in [1.54, 1.807) is 28.5 Å². The fourth-order valence-electron chi connectivity index (χ4n) is 2.77. The number of carbonyl (C=O) groups is 1. The quantitative estimate of drug-likeness (QED) is 0.730. The van der Waals surface area contributed by atoms with Crippen molar-refractivity contribution in [2.45, 2.75) is 12.5 Å². The first-order valence-corrected chi connectivity index (χ1v) is 7.76. The summed E-state index contributed by atoms with van der Waals surface area (Å²) in [7, 11) is 0. The van der Waals surface area contributed by atoms with Gasteiger partial charge in [0, 0.05) is 17.8 Å². The minimum absolute atomic E-state index is 0.117. The van der Waals surface area contributed by atoms with Crippen LogP contribution in [0.3, 0.4) is 0 Å². The van der Waals surface area contributed by atoms with Crippen LogP contribution in [0.4, 0.5) is 0 Å². The van der Waals surface area contributed by atoms with E-state index < -0.39 is 0 Å². The molecule has 3 aromatic rings. The number of nitrogens with zero attached hydrogens (tertiary/aromatic N) is 4. The van der Waals surface area contributed by atoms with Crippen molar-refractivity contribution in [2.24, 2.45) is 0 Å². The molecule has 21 heavy (non-hydrogen) atoms. The molecule has 1 aromatic carbocycles. The molecule has 106 valence electrons. The Labute approximate surface area is 125 Å². The molecule has 0 spiro atoms. The molecule has 0 N–H and O–H groups in total. The van der Waals surface area contributed by atoms with Crippen molar-refractivity contribution < 1.29 is 4.79 Å². The smallest absolute Gasteiger partial charge is 0.264 e. The number of thiophene rings is 1. The maximum absolute atomic E-state index is 12.6. The second-order valence-electron chi connectivity index (χ2n) is 5.19. The van der Waals surface area contributed by atoms with Crippen molar-refractivity contribution in [3.63, 3.8) is 0 Å². The summed E-state index contributed by atoms with van der Waals surface area (Å²) in [5.74, 6) is 0.117. The predicted octanol–water partition coefficient (Wildman–Crippen LogP) is 2.58. The van der Waals surface area contributed by atoms with Crippen LogP contribution in [0.1, 0.15) is 22.1 Å². The van der Waals surface area contributed by atoms with Crippen LogP contribution in [0.25, 0.3) is 10.1 Å². The lowest BCUT2D eigenvalue weighted by Gasteiger charge is -2.15. The van der Waals surface area contributed by atoms with Gasteiger partial charge >= 0.3 is 0 Å². The van der Waals surface area contributed by atoms with Gasteiger partial charge in [-0.3, -0.25) is 4.79 Å². The highest BCUT2D eigenvalue weighted by Gasteiger charge is 2.29. The molecule has 1 aliphatic heterocycles. The first-order valence-electron chi connectivity index (χ1n) is 6.95. The zero-order chi connectivity index (χ0) is 14.2. The Bertz CT molecular complexity index is 747. The van der Waals surface area contributed by atoms with Crippen LogP contribution in [0.15, 0.2) is 42.7 Å². The lowest BCUT2D eigenvalue weighted by Crippen LogP contribution is -2.28. The first kappa shape index (κ1) is 12.5. The Kier molecular flexibility index (Phi) is 2.96. The van der Waals surface area contributed by atoms with Gasteiger partial charge in [0.25, 0.3) is 5.91 Å². The van der Waals surface area contributed by atoms with Gasteiger partial charge in [-0.05, 0) is 23.9 Å². The average Bonchev–Trinajstić information content (AvgIpc) is 3.24. The van der Waals surface area contributed by atoms with Crippen molar-refractivity contribution in [3.05, 3.63) is 47.6 Å². The molecule has 4 rings (SSSR count). The van der Waals surface area contributed by atoms with E-state index in [2.05, 4.69) is 16.3 Å². The number of benzene rings is 1. The van der Waals surface area contributed by atoms with Gasteiger partial charge in [-0.1, -0.05) is 18.2 Å². The third kappa shape index (κ3) is 2.21. The van der Waals surface area contributed by atoms with E-state index in [1.807, 2.05) is 29.2 Å². The minimum Gasteiger partial charge on any atom is -0.336 e. The minimum atomic E-state index is 0.117. The Morgan fingerprint density at radius 2 is 2.05 bits per heavy atom. The molecule has 0 aliphatic carbocycles. The number of rotatable bonds is 2. The predicted molar refractivity (Wildman–Crippen MR) is 81.4 cm³/mol. The molecule has 1 saturated heterocycles. The number of hydrogen-bond donors (Lipinski definition) is 0. The van der Waals surface area contributed by atoms with E-state index in [4.69, 9.17) is 0 Å². The summed E-state index contributed by atoms with van der Waals surface area (Å²) >= 11 is 1.56. The topological polar surface area (TPSA) is 51.0 Å². The second kappa shape index (κ2) is 4.96. The fraction of sp³-hybridized carbons (Fsp3) is 0.267. The van der Waals surface area contributed by atoms with Gasteiger partial charge in [0.1, 0.15) is 0 Å². The highest BCUT2D eigenvalue weighted by Crippen LogP contribution is 2.28. The molecule has 5 nitrogen and oxygen atoms in total. The molecule has 1 amide bonds. The third-order valence-corrected chi connectivity index (χ3v) is 4.95. The van der Waals surface area contributed by atoms with Gasteiger partial charge in [0.2, 0.25) is 0 Å². The fourth-order valence-corrected chi connectivity index (χ4v) is 3.80. The number of carbonyl (C=O) groups excluding carboxylic acids is 1. The summed E-state index contributed by atoms with van der Waals surface area (Å²) in [6.45, 7) is 1.45. The summed E-state index contributed by atoms with van der Waals surface area (Å²) in [5.41, 5.74) is 0. The zero-order valence-corrected chi connectivity index (χ0v) is 12.2. The number of amides is 1. The summed E-state index contributed by atoms with van der Waals surface area (Å²) in [6, 6.07) is 10.3. The molecular formula is C15H14N4OS. The van der Waals surface area contributed by atoms with Gasteiger partial charge < -0.3 is 4.90 Å². The zero-order valence-electron chi connectivity index (χ0n) is 11.3. The SMILES string of the molecule is O=C(c1cc2ccccc2s1)N1CC[C@@H](n2nccn2)C1. The van der Waals surface area contributed by atoms with Crippen LogP contribution in [0.5, 0.6) is 0 Å². The average molecular weight is 298 g/mol. The van der Waals surface area contributed by atoms with Crippen LogP contribution in [-0.2, 0) is 0 Å². The van der Waals surface area contributed by atoms with Crippen molar-refractivity contribution in [1.29, 1.82) is 0 Å². The van der Waals surface area contributed by atoms with Crippen molar-refractivity contribution in [3.8, 4) is 0 Å². The van der Waals surface area contributed by atoms with Crippen LogP contribution < -0.4 is 0 Å². The maximum Gasteiger partial charge on any atom is 0.264 e. The van der Waals surface area contributed by atoms with Crippen LogP contribution in [-0.4, -0.2) is 38.9 Å². The van der Waals surface area contributed by atoms with E-state index in [9.17, 15) is 4.79 Å². The molecule has 1 atom stereocenters. The molecule has 6 heteroatoms. The maximum atomic E-state index is 12.6. The van der Waals surface area contributed by atoms with Crippen LogP contribution in [0.2, 0.25) is 0 Å². The van der Waals surface area contributed by atoms with Crippen molar-refractivity contribution >= 4 is 27.3 Å². The number of likely N-dealkylation sites (tertiary alicyclic amines) is 1. The van der Waals surface area contributed by atoms with Gasteiger partial charge in [-0.15, -0.1) is 11.3 Å². The lowest BCUT2D eigenvalue weighted by atomic mass is 10.2. The third-order valence-electron chi connectivity index (χ3n) is 3.85. The van der Waals surface area contributed by atoms with E-state index in [1.165, 1.54) is 0 Å². The summed E-state index contributed by atoms with van der Waals surface area (Å²) < 4.78 is 1.16. The second-order valence-corrected chi connectivity index (χ2v) is 6.28. The molecule has 1 fully saturated rings. The number of hydrogen-bond acceptors (Lipinski definition) is 4. The van der Waals surface area contributed by atoms with Gasteiger partial charge in [-0.2, -0.15) is 15.0 Å². The highest BCUT2D eigenvalue weighted by atomic mass is 32.1. The lowest BCUT2D eigenvalue weighted by molar-refractivity contribution is 0.0791. The van der Waals surface area contributed by atoms with Crippen molar-refractivity contribution in [1.82, 2.24) is 19.9 Å². The molecule has 0 radical (unpaired) electrons. The normalized spacial score (nSPS) is 18.5. The molecule has 0 saturated carbocycles. The first-order chi connectivity index (χ1) is 10.3. The Hall–Kier alpha value is -2.21. The summed E-state index contributed by atoms with van der Waals surface area (Å²) in [6.07, 6.45) is 4.26. The van der Waals surface area contributed by atoms with Gasteiger partial charge in [-0.25, -0.2) is 0 Å². The molecular weight excluding hydrogens is 284 g/mol. The van der Waals surface area contributed by atoms with Crippen LogP contribution in [0, 0.1) is 0 Å². The molecule has 0 bridgehead atoms. The molecule has 0 unspecified atom stereocenters. The Morgan fingerprint density at radius 1 is 1.24 bits per heavy atom. The van der Waals surface area contributed by atoms with Crippen LogP contribution >= 0.6 is 11.3 Å². The summed E-state index contributed by atoms with van der Waals surface area (Å²) in [4.78, 5) is 17.0. The van der Waals surface area contributed by atoms with E-state index in [0.717, 1.165) is 27.9 Å². The van der Waals surface area contributed by atoms with Crippen molar-refractivity contribution in [2.75, 3.05) is 13.1 Å². The van der Waals surface area contributed by atoms with Gasteiger partial charge in [0.05, 0.1) is 23.3 Å². The largest absolute Gasteiger partial charge is 0.336 e. The standard InChI is InChI=1S/C15H14N4OS/c20-15(14-9-11-3-1-2-4-13(11)21-14)18-8-5-12(10-18)19-16-6-7-17-19/h1-4,6-7,9,12H,5,8,10H2/t12-/m1/s1. The monoisotopic (exact) mass is 298 g/mol.